The van der Waals surface area contributed by atoms with Crippen LogP contribution in [0.3, 0.4) is 0 Å². The van der Waals surface area contributed by atoms with Crippen molar-refractivity contribution in [3.8, 4) is 5.75 Å². The molecule has 8 heteroatoms. The number of hydrogen-bond donors (Lipinski definition) is 2. The Labute approximate surface area is 170 Å². The van der Waals surface area contributed by atoms with Crippen LogP contribution in [-0.2, 0) is 11.2 Å². The monoisotopic (exact) mass is 420 g/mol. The second kappa shape index (κ2) is 7.83. The van der Waals surface area contributed by atoms with Gasteiger partial charge in [-0.1, -0.05) is 17.7 Å². The van der Waals surface area contributed by atoms with Crippen LogP contribution in [-0.4, -0.2) is 27.5 Å². The van der Waals surface area contributed by atoms with E-state index < -0.39 is 23.3 Å². The number of benzene rings is 2. The minimum absolute atomic E-state index is 0.0763. The van der Waals surface area contributed by atoms with E-state index in [4.69, 9.17) is 11.6 Å². The molecule has 0 unspecified atom stereocenters. The molecule has 2 aromatic carbocycles. The standard InChI is InChI=1S/C21H19ClF2N2O3/c1-10(2)25-17(27)8-14-11(3)26(21(29)12-5-4-6-13(22)7-12)16-9-15(23)20(28)19(24)18(14)16/h4-7,9-10,28H,8H2,1-3H3,(H,25,27). The molecule has 0 aliphatic heterocycles. The van der Waals surface area contributed by atoms with Crippen molar-refractivity contribution in [2.45, 2.75) is 33.2 Å². The van der Waals surface area contributed by atoms with Crippen molar-refractivity contribution in [2.75, 3.05) is 0 Å². The van der Waals surface area contributed by atoms with Gasteiger partial charge in [-0.25, -0.2) is 8.78 Å². The smallest absolute Gasteiger partial charge is 0.262 e. The third-order valence-electron chi connectivity index (χ3n) is 4.55. The summed E-state index contributed by atoms with van der Waals surface area (Å²) in [6.07, 6.45) is -0.238. The van der Waals surface area contributed by atoms with Gasteiger partial charge in [0.1, 0.15) is 0 Å². The number of aromatic nitrogens is 1. The summed E-state index contributed by atoms with van der Waals surface area (Å²) >= 11 is 5.96. The summed E-state index contributed by atoms with van der Waals surface area (Å²) in [4.78, 5) is 25.4. The van der Waals surface area contributed by atoms with Crippen LogP contribution in [0.5, 0.6) is 5.75 Å². The van der Waals surface area contributed by atoms with Crippen LogP contribution in [0.1, 0.15) is 35.5 Å². The van der Waals surface area contributed by atoms with Gasteiger partial charge in [-0.05, 0) is 44.5 Å². The number of phenolic OH excluding ortho intramolecular Hbond substituents is 1. The third-order valence-corrected chi connectivity index (χ3v) is 4.78. The molecular weight excluding hydrogens is 402 g/mol. The maximum Gasteiger partial charge on any atom is 0.262 e. The number of hydrogen-bond acceptors (Lipinski definition) is 3. The minimum Gasteiger partial charge on any atom is -0.503 e. The largest absolute Gasteiger partial charge is 0.503 e. The SMILES string of the molecule is Cc1c(CC(=O)NC(C)C)c2c(F)c(O)c(F)cc2n1C(=O)c1cccc(Cl)c1. The minimum atomic E-state index is -1.21. The van der Waals surface area contributed by atoms with Crippen LogP contribution in [0.15, 0.2) is 30.3 Å². The highest BCUT2D eigenvalue weighted by Crippen LogP contribution is 2.35. The Morgan fingerprint density at radius 2 is 1.93 bits per heavy atom. The van der Waals surface area contributed by atoms with Crippen LogP contribution < -0.4 is 5.32 Å². The first-order valence-corrected chi connectivity index (χ1v) is 9.30. The Balaban J connectivity index is 2.26. The van der Waals surface area contributed by atoms with Gasteiger partial charge in [0, 0.05) is 33.8 Å². The molecule has 0 atom stereocenters. The molecule has 3 aromatic rings. The number of amides is 1. The van der Waals surface area contributed by atoms with Gasteiger partial charge in [0.2, 0.25) is 5.91 Å². The number of fused-ring (bicyclic) bond motifs is 1. The first-order valence-electron chi connectivity index (χ1n) is 8.92. The summed E-state index contributed by atoms with van der Waals surface area (Å²) < 4.78 is 30.0. The van der Waals surface area contributed by atoms with Gasteiger partial charge in [0.25, 0.3) is 5.91 Å². The van der Waals surface area contributed by atoms with Gasteiger partial charge in [-0.15, -0.1) is 0 Å². The molecule has 0 aliphatic carbocycles. The number of carbonyl (C=O) groups excluding carboxylic acids is 2. The second-order valence-electron chi connectivity index (χ2n) is 7.03. The summed E-state index contributed by atoms with van der Waals surface area (Å²) in [7, 11) is 0. The van der Waals surface area contributed by atoms with E-state index in [0.717, 1.165) is 10.6 Å². The van der Waals surface area contributed by atoms with E-state index in [2.05, 4.69) is 5.32 Å². The van der Waals surface area contributed by atoms with E-state index in [9.17, 15) is 23.5 Å². The Morgan fingerprint density at radius 1 is 1.24 bits per heavy atom. The quantitative estimate of drug-likeness (QED) is 0.659. The van der Waals surface area contributed by atoms with Crippen LogP contribution in [0.2, 0.25) is 5.02 Å². The molecule has 5 nitrogen and oxygen atoms in total. The molecule has 3 rings (SSSR count). The summed E-state index contributed by atoms with van der Waals surface area (Å²) in [6.45, 7) is 5.09. The maximum atomic E-state index is 14.8. The average molecular weight is 421 g/mol. The van der Waals surface area contributed by atoms with E-state index in [1.807, 2.05) is 0 Å². The molecule has 0 saturated heterocycles. The average Bonchev–Trinajstić information content (AvgIpc) is 2.90. The van der Waals surface area contributed by atoms with Crippen molar-refractivity contribution >= 4 is 34.3 Å². The molecule has 1 amide bonds. The lowest BCUT2D eigenvalue weighted by molar-refractivity contribution is -0.120. The molecule has 0 bridgehead atoms. The fraction of sp³-hybridized carbons (Fsp3) is 0.238. The predicted molar refractivity (Wildman–Crippen MR) is 106 cm³/mol. The molecule has 0 radical (unpaired) electrons. The fourth-order valence-electron chi connectivity index (χ4n) is 3.32. The summed E-state index contributed by atoms with van der Waals surface area (Å²) in [5.74, 6) is -4.52. The third kappa shape index (κ3) is 3.82. The zero-order chi connectivity index (χ0) is 21.5. The Kier molecular flexibility index (Phi) is 5.61. The van der Waals surface area contributed by atoms with Gasteiger partial charge < -0.3 is 10.4 Å². The van der Waals surface area contributed by atoms with Crippen molar-refractivity contribution in [1.29, 1.82) is 0 Å². The topological polar surface area (TPSA) is 71.3 Å². The zero-order valence-corrected chi connectivity index (χ0v) is 16.8. The molecule has 1 heterocycles. The Bertz CT molecular complexity index is 1140. The van der Waals surface area contributed by atoms with Crippen molar-refractivity contribution in [2.24, 2.45) is 0 Å². The van der Waals surface area contributed by atoms with Crippen molar-refractivity contribution in [3.63, 3.8) is 0 Å². The van der Waals surface area contributed by atoms with E-state index >= 15 is 0 Å². The van der Waals surface area contributed by atoms with Crippen LogP contribution in [0, 0.1) is 18.6 Å². The van der Waals surface area contributed by atoms with E-state index in [1.54, 1.807) is 26.0 Å². The van der Waals surface area contributed by atoms with E-state index in [1.165, 1.54) is 19.1 Å². The highest BCUT2D eigenvalue weighted by atomic mass is 35.5. The fourth-order valence-corrected chi connectivity index (χ4v) is 3.51. The lowest BCUT2D eigenvalue weighted by Crippen LogP contribution is -2.31. The van der Waals surface area contributed by atoms with Crippen molar-refractivity contribution in [3.05, 3.63) is 63.8 Å². The summed E-state index contributed by atoms with van der Waals surface area (Å²) in [5, 5.41) is 12.6. The lowest BCUT2D eigenvalue weighted by Gasteiger charge is -2.09. The normalized spacial score (nSPS) is 11.3. The van der Waals surface area contributed by atoms with Gasteiger partial charge >= 0.3 is 0 Å². The van der Waals surface area contributed by atoms with Crippen molar-refractivity contribution in [1.82, 2.24) is 9.88 Å². The molecule has 0 saturated carbocycles. The first kappa shape index (κ1) is 20.8. The number of halogens is 3. The Hall–Kier alpha value is -2.93. The Morgan fingerprint density at radius 3 is 2.55 bits per heavy atom. The van der Waals surface area contributed by atoms with Crippen LogP contribution >= 0.6 is 11.6 Å². The van der Waals surface area contributed by atoms with E-state index in [-0.39, 0.29) is 46.1 Å². The number of aromatic hydroxyl groups is 1. The summed E-state index contributed by atoms with van der Waals surface area (Å²) in [5.41, 5.74) is 0.603. The lowest BCUT2D eigenvalue weighted by atomic mass is 10.1. The molecule has 0 fully saturated rings. The molecule has 29 heavy (non-hydrogen) atoms. The predicted octanol–water partition coefficient (Wildman–Crippen LogP) is 4.34. The number of nitrogens with zero attached hydrogens (tertiary/aromatic N) is 1. The first-order chi connectivity index (χ1) is 13.6. The molecule has 1 aromatic heterocycles. The molecule has 0 spiro atoms. The van der Waals surface area contributed by atoms with E-state index in [0.29, 0.717) is 5.02 Å². The van der Waals surface area contributed by atoms with Crippen LogP contribution in [0.25, 0.3) is 10.9 Å². The van der Waals surface area contributed by atoms with Crippen LogP contribution in [0.4, 0.5) is 8.78 Å². The highest BCUT2D eigenvalue weighted by molar-refractivity contribution is 6.31. The number of nitrogens with one attached hydrogen (secondary N) is 1. The van der Waals surface area contributed by atoms with Gasteiger partial charge in [0.15, 0.2) is 17.4 Å². The highest BCUT2D eigenvalue weighted by Gasteiger charge is 2.27. The maximum absolute atomic E-state index is 14.8. The van der Waals surface area contributed by atoms with Gasteiger partial charge in [-0.2, -0.15) is 0 Å². The zero-order valence-electron chi connectivity index (χ0n) is 16.0. The molecule has 0 aliphatic rings. The number of carbonyl (C=O) groups is 2. The van der Waals surface area contributed by atoms with Gasteiger partial charge in [0.05, 0.1) is 11.9 Å². The summed E-state index contributed by atoms with van der Waals surface area (Å²) in [6, 6.07) is 6.89. The second-order valence-corrected chi connectivity index (χ2v) is 7.47. The number of phenols is 1. The van der Waals surface area contributed by atoms with Gasteiger partial charge in [-0.3, -0.25) is 14.2 Å². The molecule has 2 N–H and O–H groups in total. The molecular formula is C21H19ClF2N2O3. The van der Waals surface area contributed by atoms with Crippen molar-refractivity contribution < 1.29 is 23.5 Å². The number of rotatable bonds is 4. The molecule has 152 valence electrons.